The summed E-state index contributed by atoms with van der Waals surface area (Å²) >= 11 is 2.53. The zero-order valence-electron chi connectivity index (χ0n) is 22.4. The van der Waals surface area contributed by atoms with Crippen LogP contribution in [0.4, 0.5) is 5.00 Å². The van der Waals surface area contributed by atoms with E-state index in [1.807, 2.05) is 65.5 Å². The molecule has 0 aliphatic carbocycles. The van der Waals surface area contributed by atoms with Gasteiger partial charge in [-0.15, -0.1) is 21.5 Å². The number of carbonyl (C=O) groups excluding carboxylic acids is 2. The molecule has 0 aliphatic heterocycles. The van der Waals surface area contributed by atoms with Crippen LogP contribution in [0.1, 0.15) is 24.2 Å². The Balaban J connectivity index is 1.42. The lowest BCUT2D eigenvalue weighted by Gasteiger charge is -2.09. The minimum absolute atomic E-state index is 0.0876. The van der Waals surface area contributed by atoms with Gasteiger partial charge in [0.15, 0.2) is 11.0 Å². The van der Waals surface area contributed by atoms with Gasteiger partial charge >= 0.3 is 5.97 Å². The molecule has 0 radical (unpaired) electrons. The Morgan fingerprint density at radius 1 is 1.00 bits per heavy atom. The van der Waals surface area contributed by atoms with Crippen molar-refractivity contribution in [1.82, 2.24) is 14.8 Å². The van der Waals surface area contributed by atoms with Crippen molar-refractivity contribution in [2.75, 3.05) is 31.9 Å². The van der Waals surface area contributed by atoms with Crippen LogP contribution >= 0.6 is 23.1 Å². The summed E-state index contributed by atoms with van der Waals surface area (Å²) in [6.07, 6.45) is 0. The van der Waals surface area contributed by atoms with Gasteiger partial charge < -0.3 is 24.1 Å². The first-order chi connectivity index (χ1) is 18.8. The third kappa shape index (κ3) is 6.79. The lowest BCUT2D eigenvalue weighted by atomic mass is 10.0. The number of thiophene rings is 1. The summed E-state index contributed by atoms with van der Waals surface area (Å²) in [7, 11) is 4.76. The normalized spacial score (nSPS) is 10.9. The Hall–Kier alpha value is -3.83. The molecule has 0 spiro atoms. The molecule has 0 saturated carbocycles. The van der Waals surface area contributed by atoms with Gasteiger partial charge in [0, 0.05) is 23.6 Å². The molecule has 2 aromatic carbocycles. The predicted molar refractivity (Wildman–Crippen MR) is 154 cm³/mol. The van der Waals surface area contributed by atoms with E-state index in [1.165, 1.54) is 30.2 Å². The monoisotopic (exact) mass is 566 g/mol. The summed E-state index contributed by atoms with van der Waals surface area (Å²) in [4.78, 5) is 25.5. The van der Waals surface area contributed by atoms with Gasteiger partial charge in [-0.1, -0.05) is 37.7 Å². The van der Waals surface area contributed by atoms with Crippen LogP contribution in [0.3, 0.4) is 0 Å². The van der Waals surface area contributed by atoms with Gasteiger partial charge in [-0.05, 0) is 47.9 Å². The average Bonchev–Trinajstić information content (AvgIpc) is 3.53. The summed E-state index contributed by atoms with van der Waals surface area (Å²) in [5.74, 6) is 1.93. The summed E-state index contributed by atoms with van der Waals surface area (Å²) in [5.41, 5.74) is 2.70. The van der Waals surface area contributed by atoms with Crippen LogP contribution in [0.2, 0.25) is 0 Å². The first-order valence-electron chi connectivity index (χ1n) is 12.2. The molecule has 2 aromatic heterocycles. The molecule has 0 bridgehead atoms. The Morgan fingerprint density at radius 2 is 1.67 bits per heavy atom. The second-order valence-electron chi connectivity index (χ2n) is 9.00. The van der Waals surface area contributed by atoms with Gasteiger partial charge in [0.1, 0.15) is 22.1 Å². The number of anilines is 1. The summed E-state index contributed by atoms with van der Waals surface area (Å²) in [6, 6.07) is 15.0. The number of esters is 1. The summed E-state index contributed by atoms with van der Waals surface area (Å²) < 4.78 is 17.8. The van der Waals surface area contributed by atoms with Gasteiger partial charge in [-0.3, -0.25) is 4.79 Å². The van der Waals surface area contributed by atoms with Crippen LogP contribution in [0, 0.1) is 5.92 Å². The second kappa shape index (κ2) is 12.8. The third-order valence-electron chi connectivity index (χ3n) is 5.70. The molecule has 11 heteroatoms. The van der Waals surface area contributed by atoms with Crippen molar-refractivity contribution in [3.63, 3.8) is 0 Å². The first kappa shape index (κ1) is 28.2. The fraction of sp³-hybridized carbons (Fsp3) is 0.286. The van der Waals surface area contributed by atoms with E-state index >= 15 is 0 Å². The smallest absolute Gasteiger partial charge is 0.341 e. The number of carbonyl (C=O) groups is 2. The molecule has 1 amide bonds. The SMILES string of the molecule is COC(=O)c1c(-c2ccc(OC)cc2)csc1NC(=O)CSc1nnc(-c2ccc(OCC(C)C)cc2)n1C. The van der Waals surface area contributed by atoms with E-state index in [4.69, 9.17) is 14.2 Å². The van der Waals surface area contributed by atoms with Crippen LogP contribution < -0.4 is 14.8 Å². The highest BCUT2D eigenvalue weighted by molar-refractivity contribution is 7.99. The van der Waals surface area contributed by atoms with Crippen molar-refractivity contribution < 1.29 is 23.8 Å². The van der Waals surface area contributed by atoms with Gasteiger partial charge in [0.05, 0.1) is 26.6 Å². The molecule has 204 valence electrons. The minimum atomic E-state index is -0.524. The zero-order chi connectivity index (χ0) is 27.9. The minimum Gasteiger partial charge on any atom is -0.497 e. The van der Waals surface area contributed by atoms with Gasteiger partial charge in [-0.25, -0.2) is 4.79 Å². The number of nitrogens with one attached hydrogen (secondary N) is 1. The number of aromatic nitrogens is 3. The third-order valence-corrected chi connectivity index (χ3v) is 7.61. The van der Waals surface area contributed by atoms with Crippen LogP contribution in [-0.2, 0) is 16.6 Å². The topological polar surface area (TPSA) is 105 Å². The highest BCUT2D eigenvalue weighted by atomic mass is 32.2. The highest BCUT2D eigenvalue weighted by Crippen LogP contribution is 2.37. The fourth-order valence-corrected chi connectivity index (χ4v) is 5.37. The largest absolute Gasteiger partial charge is 0.497 e. The number of benzene rings is 2. The molecule has 39 heavy (non-hydrogen) atoms. The van der Waals surface area contributed by atoms with Gasteiger partial charge in [0.25, 0.3) is 0 Å². The molecule has 0 unspecified atom stereocenters. The van der Waals surface area contributed by atoms with Gasteiger partial charge in [-0.2, -0.15) is 0 Å². The van der Waals surface area contributed by atoms with E-state index in [2.05, 4.69) is 29.4 Å². The van der Waals surface area contributed by atoms with E-state index in [0.29, 0.717) is 45.4 Å². The Labute approximate surface area is 235 Å². The molecule has 1 N–H and O–H groups in total. The molecular weight excluding hydrogens is 536 g/mol. The van der Waals surface area contributed by atoms with Gasteiger partial charge in [0.2, 0.25) is 5.91 Å². The molecule has 0 atom stereocenters. The zero-order valence-corrected chi connectivity index (χ0v) is 24.0. The molecular formula is C28H30N4O5S2. The number of ether oxygens (including phenoxy) is 3. The standard InChI is InChI=1S/C28H30N4O5S2/c1-17(2)14-37-21-12-8-19(9-13-21)25-30-31-28(32(25)3)39-16-23(33)29-26-24(27(34)36-5)22(15-38-26)18-6-10-20(35-4)11-7-18/h6-13,15,17H,14,16H2,1-5H3,(H,29,33). The number of thioether (sulfide) groups is 1. The van der Waals surface area contributed by atoms with Crippen LogP contribution in [0.25, 0.3) is 22.5 Å². The lowest BCUT2D eigenvalue weighted by Crippen LogP contribution is -2.16. The van der Waals surface area contributed by atoms with Crippen LogP contribution in [0.15, 0.2) is 59.1 Å². The van der Waals surface area contributed by atoms with E-state index in [-0.39, 0.29) is 11.7 Å². The highest BCUT2D eigenvalue weighted by Gasteiger charge is 2.23. The first-order valence-corrected chi connectivity index (χ1v) is 14.1. The maximum atomic E-state index is 12.8. The number of amides is 1. The quantitative estimate of drug-likeness (QED) is 0.180. The van der Waals surface area contributed by atoms with Crippen LogP contribution in [-0.4, -0.2) is 53.2 Å². The second-order valence-corrected chi connectivity index (χ2v) is 10.8. The van der Waals surface area contributed by atoms with Crippen molar-refractivity contribution in [1.29, 1.82) is 0 Å². The molecule has 4 aromatic rings. The Bertz CT molecular complexity index is 1430. The molecule has 0 fully saturated rings. The van der Waals surface area contributed by atoms with Crippen molar-refractivity contribution in [3.8, 4) is 34.0 Å². The number of nitrogens with zero attached hydrogens (tertiary/aromatic N) is 3. The van der Waals surface area contributed by atoms with E-state index in [1.54, 1.807) is 7.11 Å². The molecule has 4 rings (SSSR count). The fourth-order valence-electron chi connectivity index (χ4n) is 3.69. The number of hydrogen-bond acceptors (Lipinski definition) is 9. The number of methoxy groups -OCH3 is 2. The summed E-state index contributed by atoms with van der Waals surface area (Å²) in [5, 5.41) is 14.3. The Morgan fingerprint density at radius 3 is 2.31 bits per heavy atom. The van der Waals surface area contributed by atoms with Crippen molar-refractivity contribution in [3.05, 3.63) is 59.5 Å². The van der Waals surface area contributed by atoms with Crippen molar-refractivity contribution >= 4 is 40.0 Å². The van der Waals surface area contributed by atoms with Crippen molar-refractivity contribution in [2.45, 2.75) is 19.0 Å². The molecule has 9 nitrogen and oxygen atoms in total. The van der Waals surface area contributed by atoms with Crippen LogP contribution in [0.5, 0.6) is 11.5 Å². The molecule has 0 aliphatic rings. The lowest BCUT2D eigenvalue weighted by molar-refractivity contribution is -0.113. The molecule has 0 saturated heterocycles. The summed E-state index contributed by atoms with van der Waals surface area (Å²) in [6.45, 7) is 4.86. The maximum Gasteiger partial charge on any atom is 0.341 e. The van der Waals surface area contributed by atoms with E-state index < -0.39 is 5.97 Å². The van der Waals surface area contributed by atoms with E-state index in [9.17, 15) is 9.59 Å². The average molecular weight is 567 g/mol. The van der Waals surface area contributed by atoms with E-state index in [0.717, 1.165) is 16.9 Å². The maximum absolute atomic E-state index is 12.8. The van der Waals surface area contributed by atoms with Crippen molar-refractivity contribution in [2.24, 2.45) is 13.0 Å². The number of hydrogen-bond donors (Lipinski definition) is 1. The Kier molecular flexibility index (Phi) is 9.26. The molecule has 2 heterocycles. The predicted octanol–water partition coefficient (Wildman–Crippen LogP) is 5.77. The number of rotatable bonds is 11.